The fourth-order valence-corrected chi connectivity index (χ4v) is 2.63. The Balaban J connectivity index is 1.98. The van der Waals surface area contributed by atoms with Crippen molar-refractivity contribution in [3.63, 3.8) is 0 Å². The highest BCUT2D eigenvalue weighted by molar-refractivity contribution is 9.10. The van der Waals surface area contributed by atoms with E-state index in [2.05, 4.69) is 26.2 Å². The first-order valence-corrected chi connectivity index (χ1v) is 7.03. The average Bonchev–Trinajstić information content (AvgIpc) is 2.46. The standard InChI is InChI=1S/C13H16BrN3O2/c1-15-12(18)9-3-6-17(7-4-9)13(19)10-2-5-16-11(14)8-10/h2,5,8-9H,3-4,6-7H2,1H3,(H,15,18). The van der Waals surface area contributed by atoms with E-state index in [1.807, 2.05) is 0 Å². The molecule has 1 N–H and O–H groups in total. The zero-order valence-electron chi connectivity index (χ0n) is 10.7. The van der Waals surface area contributed by atoms with Crippen molar-refractivity contribution in [2.24, 2.45) is 5.92 Å². The molecule has 0 spiro atoms. The second kappa shape index (κ2) is 6.14. The van der Waals surface area contributed by atoms with Crippen LogP contribution in [0.1, 0.15) is 23.2 Å². The summed E-state index contributed by atoms with van der Waals surface area (Å²) in [6.07, 6.45) is 3.05. The Hall–Kier alpha value is -1.43. The van der Waals surface area contributed by atoms with Gasteiger partial charge in [0.2, 0.25) is 5.91 Å². The number of carbonyl (C=O) groups excluding carboxylic acids is 2. The van der Waals surface area contributed by atoms with Gasteiger partial charge in [-0.15, -0.1) is 0 Å². The van der Waals surface area contributed by atoms with Crippen LogP contribution in [0, 0.1) is 5.92 Å². The number of piperidine rings is 1. The highest BCUT2D eigenvalue weighted by Crippen LogP contribution is 2.19. The molecule has 0 aliphatic carbocycles. The van der Waals surface area contributed by atoms with E-state index in [4.69, 9.17) is 0 Å². The Morgan fingerprint density at radius 3 is 2.68 bits per heavy atom. The van der Waals surface area contributed by atoms with E-state index in [9.17, 15) is 9.59 Å². The van der Waals surface area contributed by atoms with E-state index >= 15 is 0 Å². The third kappa shape index (κ3) is 3.32. The summed E-state index contributed by atoms with van der Waals surface area (Å²) in [5.74, 6) is 0.0930. The van der Waals surface area contributed by atoms with Crippen LogP contribution in [-0.2, 0) is 4.79 Å². The highest BCUT2D eigenvalue weighted by Gasteiger charge is 2.27. The molecule has 102 valence electrons. The molecule has 0 aromatic carbocycles. The number of rotatable bonds is 2. The van der Waals surface area contributed by atoms with Gasteiger partial charge in [-0.3, -0.25) is 9.59 Å². The van der Waals surface area contributed by atoms with Crippen LogP contribution in [0.5, 0.6) is 0 Å². The number of carbonyl (C=O) groups is 2. The molecule has 2 amide bonds. The van der Waals surface area contributed by atoms with Crippen LogP contribution in [0.25, 0.3) is 0 Å². The monoisotopic (exact) mass is 325 g/mol. The summed E-state index contributed by atoms with van der Waals surface area (Å²) in [5, 5.41) is 2.66. The molecule has 0 bridgehead atoms. The lowest BCUT2D eigenvalue weighted by Gasteiger charge is -2.31. The molecule has 6 heteroatoms. The van der Waals surface area contributed by atoms with E-state index < -0.39 is 0 Å². The summed E-state index contributed by atoms with van der Waals surface area (Å²) in [6, 6.07) is 3.42. The average molecular weight is 326 g/mol. The van der Waals surface area contributed by atoms with E-state index in [1.165, 1.54) is 0 Å². The number of nitrogens with zero attached hydrogens (tertiary/aromatic N) is 2. The number of amides is 2. The summed E-state index contributed by atoms with van der Waals surface area (Å²) in [5.41, 5.74) is 0.625. The van der Waals surface area contributed by atoms with Gasteiger partial charge in [-0.05, 0) is 40.9 Å². The summed E-state index contributed by atoms with van der Waals surface area (Å²) >= 11 is 3.26. The second-order valence-corrected chi connectivity index (χ2v) is 5.36. The van der Waals surface area contributed by atoms with Crippen LogP contribution < -0.4 is 5.32 Å². The Kier molecular flexibility index (Phi) is 4.52. The van der Waals surface area contributed by atoms with Gasteiger partial charge in [-0.25, -0.2) is 4.98 Å². The van der Waals surface area contributed by atoms with Crippen molar-refractivity contribution in [1.29, 1.82) is 0 Å². The first-order chi connectivity index (χ1) is 9.11. The molecule has 1 fully saturated rings. The summed E-state index contributed by atoms with van der Waals surface area (Å²) in [6.45, 7) is 1.24. The molecule has 2 heterocycles. The Morgan fingerprint density at radius 1 is 1.42 bits per heavy atom. The molecule has 2 rings (SSSR count). The fourth-order valence-electron chi connectivity index (χ4n) is 2.27. The third-order valence-electron chi connectivity index (χ3n) is 3.37. The van der Waals surface area contributed by atoms with Crippen molar-refractivity contribution in [2.75, 3.05) is 20.1 Å². The summed E-state index contributed by atoms with van der Waals surface area (Å²) in [7, 11) is 1.65. The zero-order chi connectivity index (χ0) is 13.8. The minimum atomic E-state index is -0.00143. The van der Waals surface area contributed by atoms with Crippen molar-refractivity contribution in [3.05, 3.63) is 28.5 Å². The van der Waals surface area contributed by atoms with Crippen molar-refractivity contribution < 1.29 is 9.59 Å². The van der Waals surface area contributed by atoms with Crippen LogP contribution in [0.4, 0.5) is 0 Å². The van der Waals surface area contributed by atoms with Crippen LogP contribution >= 0.6 is 15.9 Å². The molecule has 1 aromatic heterocycles. The Bertz CT molecular complexity index is 485. The van der Waals surface area contributed by atoms with Crippen LogP contribution in [0.3, 0.4) is 0 Å². The molecule has 0 radical (unpaired) electrons. The molecular formula is C13H16BrN3O2. The fraction of sp³-hybridized carbons (Fsp3) is 0.462. The number of hydrogen-bond acceptors (Lipinski definition) is 3. The number of aromatic nitrogens is 1. The number of likely N-dealkylation sites (tertiary alicyclic amines) is 1. The zero-order valence-corrected chi connectivity index (χ0v) is 12.3. The number of halogens is 1. The smallest absolute Gasteiger partial charge is 0.254 e. The quantitative estimate of drug-likeness (QED) is 0.837. The van der Waals surface area contributed by atoms with E-state index in [0.29, 0.717) is 23.3 Å². The van der Waals surface area contributed by atoms with E-state index in [0.717, 1.165) is 12.8 Å². The van der Waals surface area contributed by atoms with E-state index in [1.54, 1.807) is 30.3 Å². The number of pyridine rings is 1. The molecule has 1 saturated heterocycles. The lowest BCUT2D eigenvalue weighted by atomic mass is 9.95. The summed E-state index contributed by atoms with van der Waals surface area (Å²) in [4.78, 5) is 29.6. The maximum absolute atomic E-state index is 12.3. The first-order valence-electron chi connectivity index (χ1n) is 6.24. The van der Waals surface area contributed by atoms with Gasteiger partial charge in [0.1, 0.15) is 4.60 Å². The van der Waals surface area contributed by atoms with Gasteiger partial charge in [0, 0.05) is 37.8 Å². The van der Waals surface area contributed by atoms with Crippen LogP contribution in [-0.4, -0.2) is 41.8 Å². The highest BCUT2D eigenvalue weighted by atomic mass is 79.9. The van der Waals surface area contributed by atoms with Crippen molar-refractivity contribution >= 4 is 27.7 Å². The maximum Gasteiger partial charge on any atom is 0.254 e. The van der Waals surface area contributed by atoms with Crippen molar-refractivity contribution in [1.82, 2.24) is 15.2 Å². The third-order valence-corrected chi connectivity index (χ3v) is 3.81. The molecule has 19 heavy (non-hydrogen) atoms. The number of nitrogens with one attached hydrogen (secondary N) is 1. The molecule has 1 aliphatic rings. The molecular weight excluding hydrogens is 310 g/mol. The molecule has 1 aliphatic heterocycles. The van der Waals surface area contributed by atoms with Crippen molar-refractivity contribution in [3.8, 4) is 0 Å². The second-order valence-electron chi connectivity index (χ2n) is 4.55. The van der Waals surface area contributed by atoms with Gasteiger partial charge >= 0.3 is 0 Å². The van der Waals surface area contributed by atoms with Gasteiger partial charge in [0.05, 0.1) is 0 Å². The van der Waals surface area contributed by atoms with Gasteiger partial charge in [-0.2, -0.15) is 0 Å². The normalized spacial score (nSPS) is 16.2. The molecule has 1 aromatic rings. The Morgan fingerprint density at radius 2 is 2.11 bits per heavy atom. The predicted molar refractivity (Wildman–Crippen MR) is 74.6 cm³/mol. The number of hydrogen-bond donors (Lipinski definition) is 1. The molecule has 5 nitrogen and oxygen atoms in total. The Labute approximate surface area is 120 Å². The van der Waals surface area contributed by atoms with Crippen LogP contribution in [0.2, 0.25) is 0 Å². The SMILES string of the molecule is CNC(=O)C1CCN(C(=O)c2ccnc(Br)c2)CC1. The molecule has 0 atom stereocenters. The maximum atomic E-state index is 12.3. The van der Waals surface area contributed by atoms with Crippen molar-refractivity contribution in [2.45, 2.75) is 12.8 Å². The largest absolute Gasteiger partial charge is 0.359 e. The van der Waals surface area contributed by atoms with Gasteiger partial charge in [-0.1, -0.05) is 0 Å². The molecule has 0 saturated carbocycles. The predicted octanol–water partition coefficient (Wildman–Crippen LogP) is 1.44. The first kappa shape index (κ1) is 14.0. The topological polar surface area (TPSA) is 62.3 Å². The molecule has 0 unspecified atom stereocenters. The minimum Gasteiger partial charge on any atom is -0.359 e. The van der Waals surface area contributed by atoms with Crippen LogP contribution in [0.15, 0.2) is 22.9 Å². The van der Waals surface area contributed by atoms with Gasteiger partial charge in [0.15, 0.2) is 0 Å². The van der Waals surface area contributed by atoms with E-state index in [-0.39, 0.29) is 17.7 Å². The lowest BCUT2D eigenvalue weighted by Crippen LogP contribution is -2.42. The minimum absolute atomic E-state index is 0.00143. The summed E-state index contributed by atoms with van der Waals surface area (Å²) < 4.78 is 0.651. The van der Waals surface area contributed by atoms with Gasteiger partial charge < -0.3 is 10.2 Å². The lowest BCUT2D eigenvalue weighted by molar-refractivity contribution is -0.125. The van der Waals surface area contributed by atoms with Gasteiger partial charge in [0.25, 0.3) is 5.91 Å².